The summed E-state index contributed by atoms with van der Waals surface area (Å²) in [5, 5.41) is 0. The van der Waals surface area contributed by atoms with Gasteiger partial charge < -0.3 is 10.5 Å². The van der Waals surface area contributed by atoms with E-state index in [4.69, 9.17) is 5.73 Å². The van der Waals surface area contributed by atoms with Crippen LogP contribution in [-0.4, -0.2) is 53.0 Å². The Balaban J connectivity index is 2.31. The number of carbonyl (C=O) groups is 2. The molecule has 0 saturated carbocycles. The van der Waals surface area contributed by atoms with E-state index in [0.29, 0.717) is 5.69 Å². The number of hydrogen-bond donors (Lipinski definition) is 1. The van der Waals surface area contributed by atoms with Gasteiger partial charge in [0.05, 0.1) is 28.8 Å². The highest BCUT2D eigenvalue weighted by molar-refractivity contribution is 7.92. The third kappa shape index (κ3) is 6.24. The number of imidazole rings is 1. The Labute approximate surface area is 183 Å². The van der Waals surface area contributed by atoms with Gasteiger partial charge in [0.15, 0.2) is 15.6 Å². The summed E-state index contributed by atoms with van der Waals surface area (Å²) >= 11 is 0. The zero-order chi connectivity index (χ0) is 23.4. The standard InChI is InChI=1S/C22H31N3O5S/c1-21(2,3)31(28,29)14-17(11-16-9-7-6-8-10-16)19(26)22(4,23)12-18-13-25(15-24-18)20(27)30-5/h6-10,13,15,17H,11-12,14,23H2,1-5H3/t17?,22-/m1/s1. The van der Waals surface area contributed by atoms with Gasteiger partial charge in [0.1, 0.15) is 6.33 Å². The molecule has 2 rings (SSSR count). The second-order valence-corrected chi connectivity index (χ2v) is 11.8. The Morgan fingerprint density at radius 1 is 1.16 bits per heavy atom. The van der Waals surface area contributed by atoms with Gasteiger partial charge in [-0.15, -0.1) is 0 Å². The Hall–Kier alpha value is -2.52. The summed E-state index contributed by atoms with van der Waals surface area (Å²) in [6, 6.07) is 9.26. The minimum atomic E-state index is -3.56. The molecule has 170 valence electrons. The lowest BCUT2D eigenvalue weighted by Gasteiger charge is -2.30. The molecule has 9 heteroatoms. The van der Waals surface area contributed by atoms with Gasteiger partial charge in [-0.3, -0.25) is 4.79 Å². The second-order valence-electron chi connectivity index (χ2n) is 8.98. The average molecular weight is 450 g/mol. The summed E-state index contributed by atoms with van der Waals surface area (Å²) in [5.41, 5.74) is 6.30. The molecule has 0 aliphatic rings. The molecule has 2 atom stereocenters. The predicted octanol–water partition coefficient (Wildman–Crippen LogP) is 2.40. The van der Waals surface area contributed by atoms with E-state index in [1.807, 2.05) is 30.3 Å². The van der Waals surface area contributed by atoms with Gasteiger partial charge in [-0.25, -0.2) is 22.8 Å². The van der Waals surface area contributed by atoms with Crippen LogP contribution in [0.4, 0.5) is 4.79 Å². The first-order valence-corrected chi connectivity index (χ1v) is 11.6. The van der Waals surface area contributed by atoms with Gasteiger partial charge >= 0.3 is 6.09 Å². The van der Waals surface area contributed by atoms with Crippen molar-refractivity contribution >= 4 is 21.7 Å². The normalized spacial score (nSPS) is 15.2. The maximum Gasteiger partial charge on any atom is 0.418 e. The fourth-order valence-electron chi connectivity index (χ4n) is 3.23. The van der Waals surface area contributed by atoms with Gasteiger partial charge in [0.25, 0.3) is 0 Å². The number of sulfone groups is 1. The van der Waals surface area contributed by atoms with E-state index in [2.05, 4.69) is 9.72 Å². The molecule has 0 amide bonds. The van der Waals surface area contributed by atoms with Crippen LogP contribution in [0.5, 0.6) is 0 Å². The summed E-state index contributed by atoms with van der Waals surface area (Å²) in [4.78, 5) is 29.2. The number of benzene rings is 1. The number of nitrogens with two attached hydrogens (primary N) is 1. The molecule has 31 heavy (non-hydrogen) atoms. The number of carbonyl (C=O) groups excluding carboxylic acids is 2. The van der Waals surface area contributed by atoms with Crippen LogP contribution in [0.25, 0.3) is 0 Å². The number of aromatic nitrogens is 2. The third-order valence-corrected chi connectivity index (χ3v) is 7.89. The lowest BCUT2D eigenvalue weighted by molar-refractivity contribution is -0.127. The summed E-state index contributed by atoms with van der Waals surface area (Å²) in [6.07, 6.45) is 2.44. The predicted molar refractivity (Wildman–Crippen MR) is 119 cm³/mol. The van der Waals surface area contributed by atoms with Gasteiger partial charge in [-0.2, -0.15) is 0 Å². The zero-order valence-electron chi connectivity index (χ0n) is 18.7. The maximum absolute atomic E-state index is 13.5. The molecule has 2 aromatic rings. The SMILES string of the molecule is COC(=O)n1cnc(C[C@@](C)(N)C(=O)C(Cc2ccccc2)CS(=O)(=O)C(C)(C)C)c1. The van der Waals surface area contributed by atoms with Crippen molar-refractivity contribution in [3.05, 3.63) is 54.1 Å². The number of rotatable bonds is 8. The Kier molecular flexibility index (Phi) is 7.44. The van der Waals surface area contributed by atoms with Crippen LogP contribution in [0.3, 0.4) is 0 Å². The number of nitrogens with zero attached hydrogens (tertiary/aromatic N) is 2. The van der Waals surface area contributed by atoms with E-state index in [9.17, 15) is 18.0 Å². The molecule has 1 unspecified atom stereocenters. The molecule has 0 bridgehead atoms. The molecule has 8 nitrogen and oxygen atoms in total. The van der Waals surface area contributed by atoms with Crippen LogP contribution in [0.2, 0.25) is 0 Å². The maximum atomic E-state index is 13.5. The molecule has 0 fully saturated rings. The molecule has 0 aliphatic heterocycles. The van der Waals surface area contributed by atoms with E-state index >= 15 is 0 Å². The molecule has 1 aromatic heterocycles. The molecule has 1 aromatic carbocycles. The van der Waals surface area contributed by atoms with Gasteiger partial charge in [0, 0.05) is 18.5 Å². The fourth-order valence-corrected chi connectivity index (χ4v) is 4.53. The quantitative estimate of drug-likeness (QED) is 0.657. The van der Waals surface area contributed by atoms with Crippen LogP contribution in [-0.2, 0) is 32.2 Å². The summed E-state index contributed by atoms with van der Waals surface area (Å²) in [5.74, 6) is -1.48. The average Bonchev–Trinajstić information content (AvgIpc) is 3.13. The van der Waals surface area contributed by atoms with Crippen LogP contribution >= 0.6 is 0 Å². The highest BCUT2D eigenvalue weighted by Crippen LogP contribution is 2.25. The fraction of sp³-hybridized carbons (Fsp3) is 0.500. The summed E-state index contributed by atoms with van der Waals surface area (Å²) < 4.78 is 30.6. The highest BCUT2D eigenvalue weighted by atomic mass is 32.2. The third-order valence-electron chi connectivity index (χ3n) is 5.18. The lowest BCUT2D eigenvalue weighted by Crippen LogP contribution is -2.52. The molecular weight excluding hydrogens is 418 g/mol. The van der Waals surface area contributed by atoms with Crippen molar-refractivity contribution in [2.45, 2.75) is 50.8 Å². The number of methoxy groups -OCH3 is 1. The first kappa shape index (κ1) is 24.7. The topological polar surface area (TPSA) is 121 Å². The Morgan fingerprint density at radius 2 is 1.77 bits per heavy atom. The second kappa shape index (κ2) is 9.32. The smallest absolute Gasteiger partial charge is 0.418 e. The number of ketones is 1. The van der Waals surface area contributed by atoms with E-state index in [0.717, 1.165) is 10.1 Å². The zero-order valence-corrected chi connectivity index (χ0v) is 19.5. The molecule has 1 heterocycles. The summed E-state index contributed by atoms with van der Waals surface area (Å²) in [6.45, 7) is 6.42. The molecule has 2 N–H and O–H groups in total. The molecule has 0 radical (unpaired) electrons. The van der Waals surface area contributed by atoms with E-state index < -0.39 is 32.1 Å². The van der Waals surface area contributed by atoms with Gasteiger partial charge in [-0.05, 0) is 39.7 Å². The minimum Gasteiger partial charge on any atom is -0.452 e. The van der Waals surface area contributed by atoms with Crippen molar-refractivity contribution in [2.24, 2.45) is 11.7 Å². The van der Waals surface area contributed by atoms with Gasteiger partial charge in [-0.1, -0.05) is 30.3 Å². The van der Waals surface area contributed by atoms with Crippen LogP contribution < -0.4 is 5.73 Å². The Morgan fingerprint density at radius 3 is 2.32 bits per heavy atom. The minimum absolute atomic E-state index is 0.0523. The van der Waals surface area contributed by atoms with Crippen LogP contribution in [0, 0.1) is 5.92 Å². The monoisotopic (exact) mass is 449 g/mol. The van der Waals surface area contributed by atoms with Gasteiger partial charge in [0.2, 0.25) is 0 Å². The first-order valence-electron chi connectivity index (χ1n) is 9.97. The Bertz CT molecular complexity index is 1020. The van der Waals surface area contributed by atoms with Crippen molar-refractivity contribution in [1.29, 1.82) is 0 Å². The van der Waals surface area contributed by atoms with Crippen LogP contribution in [0.1, 0.15) is 39.0 Å². The molecule has 0 aliphatic carbocycles. The van der Waals surface area contributed by atoms with Crippen molar-refractivity contribution in [3.63, 3.8) is 0 Å². The van der Waals surface area contributed by atoms with Crippen LogP contribution in [0.15, 0.2) is 42.9 Å². The molecule has 0 saturated heterocycles. The summed E-state index contributed by atoms with van der Waals surface area (Å²) in [7, 11) is -2.31. The largest absolute Gasteiger partial charge is 0.452 e. The highest BCUT2D eigenvalue weighted by Gasteiger charge is 2.40. The number of ether oxygens (including phenoxy) is 1. The van der Waals surface area contributed by atoms with E-state index in [1.54, 1.807) is 27.7 Å². The lowest BCUT2D eigenvalue weighted by atomic mass is 9.82. The van der Waals surface area contributed by atoms with Crippen molar-refractivity contribution in [1.82, 2.24) is 9.55 Å². The van der Waals surface area contributed by atoms with E-state index in [1.165, 1.54) is 19.6 Å². The van der Waals surface area contributed by atoms with Crippen molar-refractivity contribution in [3.8, 4) is 0 Å². The first-order chi connectivity index (χ1) is 14.3. The number of Topliss-reactive ketones (excluding diaryl/α,β-unsaturated/α-hetero) is 1. The van der Waals surface area contributed by atoms with E-state index in [-0.39, 0.29) is 24.4 Å². The molecular formula is C22H31N3O5S. The number of hydrogen-bond acceptors (Lipinski definition) is 7. The van der Waals surface area contributed by atoms with Crippen molar-refractivity contribution in [2.75, 3.05) is 12.9 Å². The van der Waals surface area contributed by atoms with Crippen molar-refractivity contribution < 1.29 is 22.7 Å². The molecule has 0 spiro atoms.